The highest BCUT2D eigenvalue weighted by Gasteiger charge is 2.41. The van der Waals surface area contributed by atoms with Gasteiger partial charge in [-0.25, -0.2) is 14.6 Å². The van der Waals surface area contributed by atoms with E-state index in [0.29, 0.717) is 19.1 Å². The highest BCUT2D eigenvalue weighted by molar-refractivity contribution is 5.84. The maximum atomic E-state index is 12.6. The average Bonchev–Trinajstić information content (AvgIpc) is 3.08. The van der Waals surface area contributed by atoms with Crippen molar-refractivity contribution in [1.29, 1.82) is 0 Å². The van der Waals surface area contributed by atoms with Crippen molar-refractivity contribution in [3.8, 4) is 0 Å². The lowest BCUT2D eigenvalue weighted by Gasteiger charge is -2.40. The SMILES string of the molecule is COC(=O)[C@@H]1CN(C2=N[C@@H](C)[C@H](c3ccccc3)O2)CCN1C(=O)OC(C)(C)C. The van der Waals surface area contributed by atoms with Gasteiger partial charge in [-0.05, 0) is 33.3 Å². The van der Waals surface area contributed by atoms with Gasteiger partial charge in [0.05, 0.1) is 19.7 Å². The van der Waals surface area contributed by atoms with Gasteiger partial charge in [0.15, 0.2) is 6.04 Å². The molecule has 29 heavy (non-hydrogen) atoms. The Balaban J connectivity index is 1.72. The van der Waals surface area contributed by atoms with Gasteiger partial charge >= 0.3 is 12.1 Å². The first kappa shape index (κ1) is 21.0. The van der Waals surface area contributed by atoms with Gasteiger partial charge in [0.25, 0.3) is 6.02 Å². The highest BCUT2D eigenvalue weighted by Crippen LogP contribution is 2.30. The summed E-state index contributed by atoms with van der Waals surface area (Å²) in [7, 11) is 1.31. The number of carbonyl (C=O) groups is 2. The molecule has 0 aromatic heterocycles. The number of piperazine rings is 1. The standard InChI is InChI=1S/C21H29N3O5/c1-14-17(15-9-7-6-8-10-15)28-19(22-14)23-11-12-24(16(13-23)18(25)27-5)20(26)29-21(2,3)4/h6-10,14,16-17H,11-13H2,1-5H3/t14-,16-,17+/m0/s1. The zero-order valence-electron chi connectivity index (χ0n) is 17.6. The summed E-state index contributed by atoms with van der Waals surface area (Å²) >= 11 is 0. The number of hydrogen-bond acceptors (Lipinski definition) is 7. The van der Waals surface area contributed by atoms with Crippen LogP contribution >= 0.6 is 0 Å². The third-order valence-electron chi connectivity index (χ3n) is 4.86. The molecule has 0 spiro atoms. The van der Waals surface area contributed by atoms with Crippen molar-refractivity contribution in [3.63, 3.8) is 0 Å². The number of rotatable bonds is 2. The van der Waals surface area contributed by atoms with E-state index in [1.165, 1.54) is 12.0 Å². The summed E-state index contributed by atoms with van der Waals surface area (Å²) in [4.78, 5) is 32.9. The van der Waals surface area contributed by atoms with Crippen molar-refractivity contribution in [2.75, 3.05) is 26.7 Å². The summed E-state index contributed by atoms with van der Waals surface area (Å²) in [5.74, 6) is -0.494. The molecule has 2 heterocycles. The van der Waals surface area contributed by atoms with Crippen molar-refractivity contribution in [3.05, 3.63) is 35.9 Å². The summed E-state index contributed by atoms with van der Waals surface area (Å²) in [6, 6.07) is 9.57. The van der Waals surface area contributed by atoms with Crippen LogP contribution in [0, 0.1) is 0 Å². The van der Waals surface area contributed by atoms with Crippen LogP contribution in [0.1, 0.15) is 39.4 Å². The van der Waals surface area contributed by atoms with E-state index >= 15 is 0 Å². The van der Waals surface area contributed by atoms with Crippen molar-refractivity contribution in [2.24, 2.45) is 4.99 Å². The number of benzene rings is 1. The Labute approximate surface area is 171 Å². The number of amidine groups is 1. The summed E-state index contributed by atoms with van der Waals surface area (Å²) in [5.41, 5.74) is 0.405. The van der Waals surface area contributed by atoms with Gasteiger partial charge in [-0.15, -0.1) is 0 Å². The fourth-order valence-electron chi connectivity index (χ4n) is 3.46. The second kappa shape index (κ2) is 8.31. The first-order valence-electron chi connectivity index (χ1n) is 9.81. The van der Waals surface area contributed by atoms with Crippen molar-refractivity contribution < 1.29 is 23.8 Å². The maximum Gasteiger partial charge on any atom is 0.411 e. The largest absolute Gasteiger partial charge is 0.467 e. The smallest absolute Gasteiger partial charge is 0.411 e. The van der Waals surface area contributed by atoms with E-state index in [4.69, 9.17) is 14.2 Å². The molecule has 2 aliphatic heterocycles. The Kier molecular flexibility index (Phi) is 6.00. The lowest BCUT2D eigenvalue weighted by atomic mass is 10.0. The van der Waals surface area contributed by atoms with Gasteiger partial charge in [0.1, 0.15) is 11.7 Å². The summed E-state index contributed by atoms with van der Waals surface area (Å²) in [6.45, 7) is 8.40. The molecular weight excluding hydrogens is 374 g/mol. The molecule has 0 saturated carbocycles. The molecular formula is C21H29N3O5. The third kappa shape index (κ3) is 4.81. The topological polar surface area (TPSA) is 80.7 Å². The van der Waals surface area contributed by atoms with Gasteiger partial charge in [0, 0.05) is 13.1 Å². The van der Waals surface area contributed by atoms with E-state index in [1.807, 2.05) is 42.2 Å². The van der Waals surface area contributed by atoms with Gasteiger partial charge in [-0.2, -0.15) is 0 Å². The molecule has 1 aromatic rings. The highest BCUT2D eigenvalue weighted by atomic mass is 16.6. The minimum Gasteiger partial charge on any atom is -0.467 e. The van der Waals surface area contributed by atoms with E-state index in [9.17, 15) is 9.59 Å². The normalized spacial score (nSPS) is 24.6. The molecule has 0 aliphatic carbocycles. The molecule has 1 saturated heterocycles. The molecule has 158 valence electrons. The number of carbonyl (C=O) groups excluding carboxylic acids is 2. The molecule has 1 fully saturated rings. The second-order valence-corrected chi connectivity index (χ2v) is 8.26. The van der Waals surface area contributed by atoms with Crippen LogP contribution in [0.3, 0.4) is 0 Å². The van der Waals surface area contributed by atoms with Crippen LogP contribution < -0.4 is 0 Å². The predicted octanol–water partition coefficient (Wildman–Crippen LogP) is 2.60. The van der Waals surface area contributed by atoms with Crippen LogP contribution in [0.2, 0.25) is 0 Å². The minimum atomic E-state index is -0.791. The molecule has 0 unspecified atom stereocenters. The van der Waals surface area contributed by atoms with Crippen molar-refractivity contribution in [1.82, 2.24) is 9.80 Å². The Morgan fingerprint density at radius 3 is 2.48 bits per heavy atom. The monoisotopic (exact) mass is 403 g/mol. The average molecular weight is 403 g/mol. The van der Waals surface area contributed by atoms with Crippen molar-refractivity contribution >= 4 is 18.1 Å². The maximum absolute atomic E-state index is 12.6. The molecule has 8 heteroatoms. The number of aliphatic imine (C=N–C) groups is 1. The van der Waals surface area contributed by atoms with E-state index < -0.39 is 23.7 Å². The molecule has 8 nitrogen and oxygen atoms in total. The zero-order valence-corrected chi connectivity index (χ0v) is 17.6. The summed E-state index contributed by atoms with van der Waals surface area (Å²) in [6.07, 6.45) is -0.705. The van der Waals surface area contributed by atoms with Gasteiger partial charge in [-0.3, -0.25) is 4.90 Å². The van der Waals surface area contributed by atoms with Crippen molar-refractivity contribution in [2.45, 2.75) is 51.5 Å². The van der Waals surface area contributed by atoms with E-state index in [2.05, 4.69) is 4.99 Å². The molecule has 0 radical (unpaired) electrons. The lowest BCUT2D eigenvalue weighted by molar-refractivity contribution is -0.148. The van der Waals surface area contributed by atoms with Crippen LogP contribution in [-0.2, 0) is 19.0 Å². The quantitative estimate of drug-likeness (QED) is 0.706. The number of esters is 1. The fraction of sp³-hybridized carbons (Fsp3) is 0.571. The van der Waals surface area contributed by atoms with E-state index in [1.54, 1.807) is 20.8 Å². The number of nitrogens with zero attached hydrogens (tertiary/aromatic N) is 3. The Morgan fingerprint density at radius 1 is 1.17 bits per heavy atom. The second-order valence-electron chi connectivity index (χ2n) is 8.26. The molecule has 1 aromatic carbocycles. The number of ether oxygens (including phenoxy) is 3. The number of hydrogen-bond donors (Lipinski definition) is 0. The zero-order chi connectivity index (χ0) is 21.2. The Morgan fingerprint density at radius 2 is 1.86 bits per heavy atom. The van der Waals surface area contributed by atoms with Crippen LogP contribution in [0.4, 0.5) is 4.79 Å². The van der Waals surface area contributed by atoms with E-state index in [0.717, 1.165) is 5.56 Å². The molecule has 0 bridgehead atoms. The molecule has 1 amide bonds. The third-order valence-corrected chi connectivity index (χ3v) is 4.86. The first-order valence-corrected chi connectivity index (χ1v) is 9.81. The van der Waals surface area contributed by atoms with Crippen LogP contribution in [0.25, 0.3) is 0 Å². The number of amides is 1. The van der Waals surface area contributed by atoms with Crippen LogP contribution in [0.15, 0.2) is 35.3 Å². The summed E-state index contributed by atoms with van der Waals surface area (Å²) in [5, 5.41) is 0. The van der Waals surface area contributed by atoms with Crippen LogP contribution in [-0.4, -0.2) is 72.3 Å². The fourth-order valence-corrected chi connectivity index (χ4v) is 3.46. The minimum absolute atomic E-state index is 0.0483. The number of methoxy groups -OCH3 is 1. The summed E-state index contributed by atoms with van der Waals surface area (Å²) < 4.78 is 16.5. The Hall–Kier alpha value is -2.77. The molecule has 0 N–H and O–H groups in total. The van der Waals surface area contributed by atoms with Gasteiger partial charge in [-0.1, -0.05) is 30.3 Å². The van der Waals surface area contributed by atoms with Gasteiger partial charge < -0.3 is 19.1 Å². The lowest BCUT2D eigenvalue weighted by Crippen LogP contribution is -2.60. The molecule has 2 aliphatic rings. The Bertz CT molecular complexity index is 774. The van der Waals surface area contributed by atoms with Crippen LogP contribution in [0.5, 0.6) is 0 Å². The van der Waals surface area contributed by atoms with Gasteiger partial charge in [0.2, 0.25) is 0 Å². The molecule has 3 atom stereocenters. The first-order chi connectivity index (χ1) is 13.7. The van der Waals surface area contributed by atoms with E-state index in [-0.39, 0.29) is 18.7 Å². The predicted molar refractivity (Wildman–Crippen MR) is 107 cm³/mol. The molecule has 3 rings (SSSR count).